The summed E-state index contributed by atoms with van der Waals surface area (Å²) in [5.41, 5.74) is 2.26. The number of hydrogen-bond acceptors (Lipinski definition) is 5. The van der Waals surface area contributed by atoms with Crippen LogP contribution in [0, 0.1) is 6.92 Å². The van der Waals surface area contributed by atoms with Gasteiger partial charge < -0.3 is 15.4 Å². The molecule has 0 aliphatic rings. The van der Waals surface area contributed by atoms with Gasteiger partial charge in [0.25, 0.3) is 10.0 Å². The Morgan fingerprint density at radius 3 is 1.87 bits per heavy atom. The van der Waals surface area contributed by atoms with E-state index in [2.05, 4.69) is 10.6 Å². The minimum atomic E-state index is -4.07. The molecule has 2 amide bonds. The average molecular weight is 530 g/mol. The molecule has 0 atom stereocenters. The normalized spacial score (nSPS) is 10.9. The van der Waals surface area contributed by atoms with Crippen LogP contribution in [0.15, 0.2) is 108 Å². The van der Waals surface area contributed by atoms with E-state index in [1.807, 2.05) is 37.3 Å². The first-order valence-electron chi connectivity index (χ1n) is 11.8. The van der Waals surface area contributed by atoms with Gasteiger partial charge in [-0.1, -0.05) is 35.9 Å². The summed E-state index contributed by atoms with van der Waals surface area (Å²) in [4.78, 5) is 24.3. The number of amides is 2. The number of para-hydroxylation sites is 1. The second-order valence-electron chi connectivity index (χ2n) is 8.54. The van der Waals surface area contributed by atoms with E-state index in [9.17, 15) is 18.0 Å². The first-order chi connectivity index (χ1) is 18.2. The minimum absolute atomic E-state index is 0.0696. The SMILES string of the molecule is CC(=O)Nc1ccc(NC(=O)CN(c2ccc(Oc3ccccc3)cc2)S(=O)(=O)c2ccc(C)cc2)cc1. The monoisotopic (exact) mass is 529 g/mol. The Morgan fingerprint density at radius 1 is 0.737 bits per heavy atom. The molecular weight excluding hydrogens is 502 g/mol. The highest BCUT2D eigenvalue weighted by atomic mass is 32.2. The van der Waals surface area contributed by atoms with E-state index in [1.54, 1.807) is 60.7 Å². The Balaban J connectivity index is 1.58. The number of ether oxygens (including phenoxy) is 1. The molecule has 0 aliphatic heterocycles. The van der Waals surface area contributed by atoms with Crippen LogP contribution in [0.2, 0.25) is 0 Å². The Labute approximate surface area is 221 Å². The summed E-state index contributed by atoms with van der Waals surface area (Å²) in [6.45, 7) is 2.81. The molecule has 4 rings (SSSR count). The highest BCUT2D eigenvalue weighted by Crippen LogP contribution is 2.28. The third kappa shape index (κ3) is 6.77. The van der Waals surface area contributed by atoms with Gasteiger partial charge in [-0.3, -0.25) is 13.9 Å². The summed E-state index contributed by atoms with van der Waals surface area (Å²) in [5, 5.41) is 5.37. The molecule has 8 nitrogen and oxygen atoms in total. The highest BCUT2D eigenvalue weighted by molar-refractivity contribution is 7.92. The van der Waals surface area contributed by atoms with E-state index in [-0.39, 0.29) is 10.8 Å². The van der Waals surface area contributed by atoms with Crippen molar-refractivity contribution in [1.82, 2.24) is 0 Å². The molecule has 0 saturated heterocycles. The van der Waals surface area contributed by atoms with Gasteiger partial charge in [0.1, 0.15) is 18.0 Å². The molecule has 9 heteroatoms. The fourth-order valence-electron chi connectivity index (χ4n) is 3.63. The van der Waals surface area contributed by atoms with Crippen LogP contribution in [-0.2, 0) is 19.6 Å². The maximum Gasteiger partial charge on any atom is 0.264 e. The van der Waals surface area contributed by atoms with Crippen LogP contribution in [0.1, 0.15) is 12.5 Å². The summed E-state index contributed by atoms with van der Waals surface area (Å²) in [7, 11) is -4.07. The van der Waals surface area contributed by atoms with Crippen LogP contribution in [0.25, 0.3) is 0 Å². The molecule has 0 aliphatic carbocycles. The zero-order valence-corrected chi connectivity index (χ0v) is 21.7. The molecule has 0 aromatic heterocycles. The molecule has 4 aromatic rings. The third-order valence-corrected chi connectivity index (χ3v) is 7.28. The molecule has 0 heterocycles. The first-order valence-corrected chi connectivity index (χ1v) is 13.2. The van der Waals surface area contributed by atoms with Crippen molar-refractivity contribution in [1.29, 1.82) is 0 Å². The van der Waals surface area contributed by atoms with Gasteiger partial charge in [-0.25, -0.2) is 8.42 Å². The maximum atomic E-state index is 13.6. The molecule has 2 N–H and O–H groups in total. The van der Waals surface area contributed by atoms with E-state index < -0.39 is 22.5 Å². The molecular formula is C29H27N3O5S. The van der Waals surface area contributed by atoms with E-state index in [1.165, 1.54) is 19.1 Å². The number of nitrogens with one attached hydrogen (secondary N) is 2. The molecule has 0 saturated carbocycles. The Hall–Kier alpha value is -4.63. The molecule has 4 aromatic carbocycles. The first kappa shape index (κ1) is 26.4. The van der Waals surface area contributed by atoms with Crippen LogP contribution in [0.5, 0.6) is 11.5 Å². The zero-order valence-electron chi connectivity index (χ0n) is 20.9. The number of rotatable bonds is 9. The number of anilines is 3. The lowest BCUT2D eigenvalue weighted by Crippen LogP contribution is -2.38. The quantitative estimate of drug-likeness (QED) is 0.295. The number of benzene rings is 4. The van der Waals surface area contributed by atoms with E-state index in [0.717, 1.165) is 9.87 Å². The number of carbonyl (C=O) groups is 2. The Bertz CT molecular complexity index is 1500. The highest BCUT2D eigenvalue weighted by Gasteiger charge is 2.27. The molecule has 0 spiro atoms. The van der Waals surface area contributed by atoms with Crippen molar-refractivity contribution >= 4 is 38.9 Å². The largest absolute Gasteiger partial charge is 0.457 e. The van der Waals surface area contributed by atoms with Crippen LogP contribution in [0.4, 0.5) is 17.1 Å². The Kier molecular flexibility index (Phi) is 8.08. The molecule has 38 heavy (non-hydrogen) atoms. The lowest BCUT2D eigenvalue weighted by molar-refractivity contribution is -0.115. The number of sulfonamides is 1. The van der Waals surface area contributed by atoms with Crippen molar-refractivity contribution in [2.45, 2.75) is 18.7 Å². The van der Waals surface area contributed by atoms with Crippen LogP contribution < -0.4 is 19.7 Å². The van der Waals surface area contributed by atoms with Gasteiger partial charge >= 0.3 is 0 Å². The van der Waals surface area contributed by atoms with Crippen molar-refractivity contribution in [2.75, 3.05) is 21.5 Å². The summed E-state index contributed by atoms with van der Waals surface area (Å²) in [6.07, 6.45) is 0. The van der Waals surface area contributed by atoms with Gasteiger partial charge in [0.15, 0.2) is 0 Å². The van der Waals surface area contributed by atoms with Crippen molar-refractivity contribution in [3.05, 3.63) is 109 Å². The molecule has 0 radical (unpaired) electrons. The Morgan fingerprint density at radius 2 is 1.29 bits per heavy atom. The van der Waals surface area contributed by atoms with Crippen LogP contribution in [0.3, 0.4) is 0 Å². The van der Waals surface area contributed by atoms with E-state index in [4.69, 9.17) is 4.74 Å². The van der Waals surface area contributed by atoms with Gasteiger partial charge in [-0.05, 0) is 79.7 Å². The zero-order chi connectivity index (χ0) is 27.1. The summed E-state index contributed by atoms with van der Waals surface area (Å²) < 4.78 is 34.1. The van der Waals surface area contributed by atoms with Gasteiger partial charge in [0.2, 0.25) is 11.8 Å². The van der Waals surface area contributed by atoms with Crippen molar-refractivity contribution in [3.63, 3.8) is 0 Å². The smallest absolute Gasteiger partial charge is 0.264 e. The lowest BCUT2D eigenvalue weighted by Gasteiger charge is -2.24. The second-order valence-corrected chi connectivity index (χ2v) is 10.4. The van der Waals surface area contributed by atoms with E-state index in [0.29, 0.717) is 28.6 Å². The second kappa shape index (κ2) is 11.6. The van der Waals surface area contributed by atoms with E-state index >= 15 is 0 Å². The third-order valence-electron chi connectivity index (χ3n) is 5.49. The van der Waals surface area contributed by atoms with Crippen molar-refractivity contribution in [3.8, 4) is 11.5 Å². The molecule has 0 fully saturated rings. The molecule has 194 valence electrons. The number of carbonyl (C=O) groups excluding carboxylic acids is 2. The lowest BCUT2D eigenvalue weighted by atomic mass is 10.2. The standard InChI is InChI=1S/C29H27N3O5S/c1-21-8-18-28(19-9-21)38(35,36)32(20-29(34)31-24-12-10-23(11-13-24)30-22(2)33)25-14-16-27(17-15-25)37-26-6-4-3-5-7-26/h3-19H,20H2,1-2H3,(H,30,33)(H,31,34). The van der Waals surface area contributed by atoms with Crippen molar-refractivity contribution < 1.29 is 22.7 Å². The van der Waals surface area contributed by atoms with Crippen molar-refractivity contribution in [2.24, 2.45) is 0 Å². The fourth-order valence-corrected chi connectivity index (χ4v) is 5.05. The summed E-state index contributed by atoms with van der Waals surface area (Å²) in [5.74, 6) is 0.432. The van der Waals surface area contributed by atoms with Gasteiger partial charge in [0, 0.05) is 18.3 Å². The average Bonchev–Trinajstić information content (AvgIpc) is 2.89. The summed E-state index contributed by atoms with van der Waals surface area (Å²) in [6, 6.07) is 28.7. The van der Waals surface area contributed by atoms with Gasteiger partial charge in [-0.15, -0.1) is 0 Å². The predicted molar refractivity (Wildman–Crippen MR) is 148 cm³/mol. The fraction of sp³-hybridized carbons (Fsp3) is 0.103. The summed E-state index contributed by atoms with van der Waals surface area (Å²) >= 11 is 0. The van der Waals surface area contributed by atoms with Crippen LogP contribution in [-0.4, -0.2) is 26.8 Å². The maximum absolute atomic E-state index is 13.6. The van der Waals surface area contributed by atoms with Gasteiger partial charge in [0.05, 0.1) is 10.6 Å². The minimum Gasteiger partial charge on any atom is -0.457 e. The molecule has 0 unspecified atom stereocenters. The topological polar surface area (TPSA) is 105 Å². The van der Waals surface area contributed by atoms with Crippen LogP contribution >= 0.6 is 0 Å². The predicted octanol–water partition coefficient (Wildman–Crippen LogP) is 5.58. The number of aryl methyl sites for hydroxylation is 1. The van der Waals surface area contributed by atoms with Gasteiger partial charge in [-0.2, -0.15) is 0 Å². The number of hydrogen-bond donors (Lipinski definition) is 2. The molecule has 0 bridgehead atoms. The number of nitrogens with zero attached hydrogens (tertiary/aromatic N) is 1.